The first kappa shape index (κ1) is 13.1. The number of fused-ring (bicyclic) bond motifs is 2. The second kappa shape index (κ2) is 5.64. The van der Waals surface area contributed by atoms with Crippen LogP contribution < -0.4 is 5.43 Å². The van der Waals surface area contributed by atoms with Gasteiger partial charge in [-0.25, -0.2) is 5.43 Å². The second-order valence-corrected chi connectivity index (χ2v) is 6.85. The third kappa shape index (κ3) is 2.85. The van der Waals surface area contributed by atoms with Gasteiger partial charge < -0.3 is 0 Å². The fourth-order valence-corrected chi connectivity index (χ4v) is 4.44. The molecule has 0 aromatic heterocycles. The molecule has 0 aliphatic heterocycles. The maximum Gasteiger partial charge on any atom is 0.243 e. The van der Waals surface area contributed by atoms with E-state index in [0.29, 0.717) is 5.92 Å². The average molecular weight is 262 g/mol. The highest BCUT2D eigenvalue weighted by atomic mass is 16.2. The van der Waals surface area contributed by atoms with Gasteiger partial charge in [-0.15, -0.1) is 0 Å². The van der Waals surface area contributed by atoms with Gasteiger partial charge in [-0.2, -0.15) is 5.10 Å². The monoisotopic (exact) mass is 262 g/mol. The van der Waals surface area contributed by atoms with Gasteiger partial charge in [-0.05, 0) is 50.9 Å². The van der Waals surface area contributed by atoms with E-state index in [1.807, 2.05) is 0 Å². The SMILES string of the molecule is C/C(=N/NC(=O)C1CCCCC1)[C@@H]1C[C@@H]2CC[C@@H]1C2. The molecule has 3 rings (SSSR count). The Hall–Kier alpha value is -0.860. The fourth-order valence-electron chi connectivity index (χ4n) is 4.44. The number of hydrazone groups is 1. The summed E-state index contributed by atoms with van der Waals surface area (Å²) >= 11 is 0. The molecule has 3 saturated carbocycles. The molecule has 0 saturated heterocycles. The summed E-state index contributed by atoms with van der Waals surface area (Å²) in [6.07, 6.45) is 11.3. The van der Waals surface area contributed by atoms with E-state index in [-0.39, 0.29) is 11.8 Å². The zero-order valence-electron chi connectivity index (χ0n) is 12.0. The molecule has 0 aromatic carbocycles. The van der Waals surface area contributed by atoms with Crippen molar-refractivity contribution in [2.45, 2.75) is 64.7 Å². The Morgan fingerprint density at radius 1 is 1.05 bits per heavy atom. The second-order valence-electron chi connectivity index (χ2n) is 6.85. The van der Waals surface area contributed by atoms with E-state index >= 15 is 0 Å². The van der Waals surface area contributed by atoms with Gasteiger partial charge in [0.1, 0.15) is 0 Å². The summed E-state index contributed by atoms with van der Waals surface area (Å²) in [5.41, 5.74) is 4.00. The summed E-state index contributed by atoms with van der Waals surface area (Å²) in [5, 5.41) is 4.42. The van der Waals surface area contributed by atoms with Crippen molar-refractivity contribution < 1.29 is 4.79 Å². The minimum absolute atomic E-state index is 0.155. The highest BCUT2D eigenvalue weighted by Crippen LogP contribution is 2.48. The number of hydrogen-bond donors (Lipinski definition) is 1. The van der Waals surface area contributed by atoms with Crippen LogP contribution >= 0.6 is 0 Å². The Morgan fingerprint density at radius 3 is 2.47 bits per heavy atom. The van der Waals surface area contributed by atoms with Crippen molar-refractivity contribution >= 4 is 11.6 Å². The molecule has 3 atom stereocenters. The number of rotatable bonds is 3. The van der Waals surface area contributed by atoms with Crippen LogP contribution in [0.5, 0.6) is 0 Å². The van der Waals surface area contributed by atoms with Gasteiger partial charge in [-0.1, -0.05) is 25.7 Å². The van der Waals surface area contributed by atoms with Crippen molar-refractivity contribution in [2.75, 3.05) is 0 Å². The Labute approximate surface area is 116 Å². The summed E-state index contributed by atoms with van der Waals surface area (Å²) in [7, 11) is 0. The third-order valence-electron chi connectivity index (χ3n) is 5.59. The van der Waals surface area contributed by atoms with Crippen molar-refractivity contribution in [1.82, 2.24) is 5.43 Å². The van der Waals surface area contributed by atoms with Crippen LogP contribution in [0, 0.1) is 23.7 Å². The minimum atomic E-state index is 0.155. The van der Waals surface area contributed by atoms with E-state index < -0.39 is 0 Å². The van der Waals surface area contributed by atoms with Crippen LogP contribution in [0.4, 0.5) is 0 Å². The van der Waals surface area contributed by atoms with Crippen molar-refractivity contribution in [3.8, 4) is 0 Å². The predicted octanol–water partition coefficient (Wildman–Crippen LogP) is 3.50. The first-order chi connectivity index (χ1) is 9.24. The Kier molecular flexibility index (Phi) is 3.90. The standard InChI is InChI=1S/C16H26N2O/c1-11(15-10-12-7-8-14(15)9-12)17-18-16(19)13-5-3-2-4-6-13/h12-15H,2-10H2,1H3,(H,18,19)/b17-11-/t12-,14-,15+/m1/s1. The smallest absolute Gasteiger partial charge is 0.243 e. The van der Waals surface area contributed by atoms with Crippen molar-refractivity contribution in [2.24, 2.45) is 28.8 Å². The maximum atomic E-state index is 12.1. The Balaban J connectivity index is 1.52. The quantitative estimate of drug-likeness (QED) is 0.614. The summed E-state index contributed by atoms with van der Waals surface area (Å²) in [6, 6.07) is 0. The lowest BCUT2D eigenvalue weighted by Crippen LogP contribution is -2.30. The number of amides is 1. The molecular formula is C16H26N2O. The van der Waals surface area contributed by atoms with Gasteiger partial charge in [0.25, 0.3) is 0 Å². The average Bonchev–Trinajstić information content (AvgIpc) is 3.08. The number of hydrogen-bond acceptors (Lipinski definition) is 2. The highest BCUT2D eigenvalue weighted by molar-refractivity contribution is 5.87. The Morgan fingerprint density at radius 2 is 1.84 bits per heavy atom. The topological polar surface area (TPSA) is 41.5 Å². The van der Waals surface area contributed by atoms with Gasteiger partial charge >= 0.3 is 0 Å². The molecule has 3 aliphatic carbocycles. The molecule has 3 aliphatic rings. The molecule has 0 radical (unpaired) electrons. The molecule has 3 nitrogen and oxygen atoms in total. The van der Waals surface area contributed by atoms with E-state index in [1.54, 1.807) is 0 Å². The normalized spacial score (nSPS) is 35.6. The van der Waals surface area contributed by atoms with E-state index in [4.69, 9.17) is 0 Å². The van der Waals surface area contributed by atoms with Crippen molar-refractivity contribution in [3.05, 3.63) is 0 Å². The van der Waals surface area contributed by atoms with E-state index in [9.17, 15) is 4.79 Å². The predicted molar refractivity (Wildman–Crippen MR) is 76.8 cm³/mol. The molecule has 1 N–H and O–H groups in total. The molecule has 3 heteroatoms. The zero-order chi connectivity index (χ0) is 13.2. The molecule has 106 valence electrons. The molecule has 0 spiro atoms. The van der Waals surface area contributed by atoms with Crippen LogP contribution in [0.25, 0.3) is 0 Å². The van der Waals surface area contributed by atoms with Crippen LogP contribution in [0.1, 0.15) is 64.7 Å². The molecule has 2 bridgehead atoms. The molecule has 0 heterocycles. The van der Waals surface area contributed by atoms with Gasteiger partial charge in [-0.3, -0.25) is 4.79 Å². The number of carbonyl (C=O) groups excluding carboxylic acids is 1. The first-order valence-electron chi connectivity index (χ1n) is 8.08. The van der Waals surface area contributed by atoms with Crippen molar-refractivity contribution in [1.29, 1.82) is 0 Å². The van der Waals surface area contributed by atoms with Crippen LogP contribution in [-0.4, -0.2) is 11.6 Å². The summed E-state index contributed by atoms with van der Waals surface area (Å²) < 4.78 is 0. The molecule has 0 aromatic rings. The van der Waals surface area contributed by atoms with E-state index in [2.05, 4.69) is 17.5 Å². The highest BCUT2D eigenvalue weighted by Gasteiger charge is 2.40. The molecule has 3 fully saturated rings. The van der Waals surface area contributed by atoms with E-state index in [1.165, 1.54) is 44.9 Å². The summed E-state index contributed by atoms with van der Waals surface area (Å²) in [5.74, 6) is 2.80. The lowest BCUT2D eigenvalue weighted by molar-refractivity contribution is -0.125. The minimum Gasteiger partial charge on any atom is -0.273 e. The van der Waals surface area contributed by atoms with Gasteiger partial charge in [0.15, 0.2) is 0 Å². The van der Waals surface area contributed by atoms with Gasteiger partial charge in [0.2, 0.25) is 5.91 Å². The summed E-state index contributed by atoms with van der Waals surface area (Å²) in [6.45, 7) is 2.10. The van der Waals surface area contributed by atoms with Crippen molar-refractivity contribution in [3.63, 3.8) is 0 Å². The van der Waals surface area contributed by atoms with Crippen LogP contribution in [-0.2, 0) is 4.79 Å². The third-order valence-corrected chi connectivity index (χ3v) is 5.59. The summed E-state index contributed by atoms with van der Waals surface area (Å²) in [4.78, 5) is 12.1. The molecule has 0 unspecified atom stereocenters. The zero-order valence-corrected chi connectivity index (χ0v) is 12.0. The largest absolute Gasteiger partial charge is 0.273 e. The number of nitrogens with one attached hydrogen (secondary N) is 1. The Bertz CT molecular complexity index is 371. The molecular weight excluding hydrogens is 236 g/mol. The molecule has 1 amide bonds. The van der Waals surface area contributed by atoms with Crippen LogP contribution in [0.2, 0.25) is 0 Å². The van der Waals surface area contributed by atoms with Crippen LogP contribution in [0.15, 0.2) is 5.10 Å². The van der Waals surface area contributed by atoms with Gasteiger partial charge in [0.05, 0.1) is 0 Å². The van der Waals surface area contributed by atoms with Gasteiger partial charge in [0, 0.05) is 17.5 Å². The number of carbonyl (C=O) groups is 1. The number of nitrogens with zero attached hydrogens (tertiary/aromatic N) is 1. The lowest BCUT2D eigenvalue weighted by Gasteiger charge is -2.22. The fraction of sp³-hybridized carbons (Fsp3) is 0.875. The van der Waals surface area contributed by atoms with Crippen LogP contribution in [0.3, 0.4) is 0 Å². The van der Waals surface area contributed by atoms with E-state index in [0.717, 1.165) is 30.4 Å². The molecule has 19 heavy (non-hydrogen) atoms. The first-order valence-corrected chi connectivity index (χ1v) is 8.08. The lowest BCUT2D eigenvalue weighted by atomic mass is 9.86. The maximum absolute atomic E-state index is 12.1.